The maximum absolute atomic E-state index is 12.1. The third kappa shape index (κ3) is 4.26. The number of ether oxygens (including phenoxy) is 1. The van der Waals surface area contributed by atoms with Gasteiger partial charge in [-0.3, -0.25) is 4.79 Å². The molecule has 3 rings (SSSR count). The average molecular weight is 345 g/mol. The highest BCUT2D eigenvalue weighted by Crippen LogP contribution is 2.22. The molecule has 1 amide bonds. The second-order valence-corrected chi connectivity index (χ2v) is 7.20. The van der Waals surface area contributed by atoms with Crippen molar-refractivity contribution in [2.45, 2.75) is 32.2 Å². The standard InChI is InChI=1S/C18H23N3O2S/c1-13(2)14-3-5-16(6-4-14)23-12-17(22)20-15-7-9-21(11-15)18-19-8-10-24-18/h3-6,8,10,13,15H,7,9,11-12H2,1-2H3,(H,20,22)/t15-/m0/s1. The quantitative estimate of drug-likeness (QED) is 0.874. The van der Waals surface area contributed by atoms with Gasteiger partial charge in [-0.05, 0) is 30.0 Å². The van der Waals surface area contributed by atoms with E-state index in [9.17, 15) is 4.79 Å². The maximum Gasteiger partial charge on any atom is 0.258 e. The number of carbonyl (C=O) groups is 1. The number of nitrogens with one attached hydrogen (secondary N) is 1. The molecule has 0 unspecified atom stereocenters. The second-order valence-electron chi connectivity index (χ2n) is 6.33. The summed E-state index contributed by atoms with van der Waals surface area (Å²) in [6.45, 7) is 6.09. The SMILES string of the molecule is CC(C)c1ccc(OCC(=O)N[C@H]2CCN(c3nccs3)C2)cc1. The molecule has 0 bridgehead atoms. The van der Waals surface area contributed by atoms with Gasteiger partial charge in [-0.2, -0.15) is 0 Å². The Balaban J connectivity index is 1.43. The molecule has 2 aromatic rings. The van der Waals surface area contributed by atoms with Crippen LogP contribution >= 0.6 is 11.3 Å². The molecular formula is C18H23N3O2S. The molecular weight excluding hydrogens is 322 g/mol. The van der Waals surface area contributed by atoms with Crippen molar-refractivity contribution in [2.24, 2.45) is 0 Å². The third-order valence-electron chi connectivity index (χ3n) is 4.16. The molecule has 6 heteroatoms. The lowest BCUT2D eigenvalue weighted by Crippen LogP contribution is -2.39. The van der Waals surface area contributed by atoms with Crippen LogP contribution in [-0.4, -0.2) is 36.6 Å². The fraction of sp³-hybridized carbons (Fsp3) is 0.444. The summed E-state index contributed by atoms with van der Waals surface area (Å²) in [5, 5.41) is 6.04. The summed E-state index contributed by atoms with van der Waals surface area (Å²) >= 11 is 1.63. The molecule has 0 spiro atoms. The van der Waals surface area contributed by atoms with E-state index in [1.165, 1.54) is 5.56 Å². The number of thiazole rings is 1. The topological polar surface area (TPSA) is 54.5 Å². The minimum Gasteiger partial charge on any atom is -0.484 e. The Morgan fingerprint density at radius 3 is 2.88 bits per heavy atom. The molecule has 0 aliphatic carbocycles. The summed E-state index contributed by atoms with van der Waals surface area (Å²) in [7, 11) is 0. The fourth-order valence-electron chi connectivity index (χ4n) is 2.79. The van der Waals surface area contributed by atoms with Crippen molar-refractivity contribution >= 4 is 22.4 Å². The molecule has 1 atom stereocenters. The summed E-state index contributed by atoms with van der Waals surface area (Å²) in [6.07, 6.45) is 2.75. The number of nitrogens with zero attached hydrogens (tertiary/aromatic N) is 2. The fourth-order valence-corrected chi connectivity index (χ4v) is 3.47. The Bertz CT molecular complexity index is 655. The average Bonchev–Trinajstić information content (AvgIpc) is 3.24. The molecule has 2 heterocycles. The van der Waals surface area contributed by atoms with Gasteiger partial charge in [0.25, 0.3) is 5.91 Å². The lowest BCUT2D eigenvalue weighted by atomic mass is 10.0. The normalized spacial score (nSPS) is 17.3. The van der Waals surface area contributed by atoms with E-state index in [2.05, 4.69) is 29.0 Å². The first-order chi connectivity index (χ1) is 11.6. The van der Waals surface area contributed by atoms with Crippen molar-refractivity contribution in [3.8, 4) is 5.75 Å². The zero-order valence-electron chi connectivity index (χ0n) is 14.1. The van der Waals surface area contributed by atoms with Crippen molar-refractivity contribution < 1.29 is 9.53 Å². The van der Waals surface area contributed by atoms with E-state index in [0.717, 1.165) is 30.4 Å². The molecule has 1 saturated heterocycles. The lowest BCUT2D eigenvalue weighted by molar-refractivity contribution is -0.123. The Morgan fingerprint density at radius 1 is 1.42 bits per heavy atom. The van der Waals surface area contributed by atoms with Crippen molar-refractivity contribution in [3.63, 3.8) is 0 Å². The monoisotopic (exact) mass is 345 g/mol. The van der Waals surface area contributed by atoms with Crippen molar-refractivity contribution in [1.29, 1.82) is 0 Å². The van der Waals surface area contributed by atoms with Crippen LogP contribution < -0.4 is 15.0 Å². The zero-order valence-corrected chi connectivity index (χ0v) is 14.9. The summed E-state index contributed by atoms with van der Waals surface area (Å²) < 4.78 is 5.58. The zero-order chi connectivity index (χ0) is 16.9. The van der Waals surface area contributed by atoms with Crippen LogP contribution in [-0.2, 0) is 4.79 Å². The first-order valence-corrected chi connectivity index (χ1v) is 9.16. The summed E-state index contributed by atoms with van der Waals surface area (Å²) in [5.74, 6) is 1.14. The van der Waals surface area contributed by atoms with Gasteiger partial charge in [-0.1, -0.05) is 26.0 Å². The van der Waals surface area contributed by atoms with Crippen LogP contribution in [0.1, 0.15) is 31.7 Å². The predicted octanol–water partition coefficient (Wildman–Crippen LogP) is 3.04. The Labute approximate surface area is 146 Å². The number of hydrogen-bond donors (Lipinski definition) is 1. The van der Waals surface area contributed by atoms with Gasteiger partial charge >= 0.3 is 0 Å². The van der Waals surface area contributed by atoms with Gasteiger partial charge in [0.2, 0.25) is 0 Å². The van der Waals surface area contributed by atoms with Gasteiger partial charge in [-0.15, -0.1) is 11.3 Å². The molecule has 1 aliphatic heterocycles. The molecule has 1 aromatic heterocycles. The second kappa shape index (κ2) is 7.66. The van der Waals surface area contributed by atoms with Crippen LogP contribution in [0.3, 0.4) is 0 Å². The van der Waals surface area contributed by atoms with Gasteiger partial charge < -0.3 is 15.0 Å². The van der Waals surface area contributed by atoms with E-state index < -0.39 is 0 Å². The lowest BCUT2D eigenvalue weighted by Gasteiger charge is -2.16. The largest absolute Gasteiger partial charge is 0.484 e. The molecule has 0 radical (unpaired) electrons. The number of aromatic nitrogens is 1. The molecule has 1 aromatic carbocycles. The van der Waals surface area contributed by atoms with Gasteiger partial charge in [-0.25, -0.2) is 4.98 Å². The number of carbonyl (C=O) groups excluding carboxylic acids is 1. The highest BCUT2D eigenvalue weighted by Gasteiger charge is 2.25. The van der Waals surface area contributed by atoms with E-state index in [-0.39, 0.29) is 18.6 Å². The van der Waals surface area contributed by atoms with Crippen molar-refractivity contribution in [2.75, 3.05) is 24.6 Å². The van der Waals surface area contributed by atoms with E-state index in [4.69, 9.17) is 4.74 Å². The van der Waals surface area contributed by atoms with Gasteiger partial charge in [0, 0.05) is 30.7 Å². The van der Waals surface area contributed by atoms with E-state index in [0.29, 0.717) is 5.92 Å². The smallest absolute Gasteiger partial charge is 0.258 e. The highest BCUT2D eigenvalue weighted by molar-refractivity contribution is 7.13. The van der Waals surface area contributed by atoms with Gasteiger partial charge in [0.05, 0.1) is 0 Å². The number of hydrogen-bond acceptors (Lipinski definition) is 5. The Kier molecular flexibility index (Phi) is 5.35. The number of amides is 1. The molecule has 1 N–H and O–H groups in total. The summed E-state index contributed by atoms with van der Waals surface area (Å²) in [6, 6.07) is 8.08. The number of benzene rings is 1. The highest BCUT2D eigenvalue weighted by atomic mass is 32.1. The molecule has 1 aliphatic rings. The molecule has 128 valence electrons. The van der Waals surface area contributed by atoms with Crippen LogP contribution in [0, 0.1) is 0 Å². The summed E-state index contributed by atoms with van der Waals surface area (Å²) in [4.78, 5) is 18.6. The Hall–Kier alpha value is -2.08. The maximum atomic E-state index is 12.1. The molecule has 1 fully saturated rings. The Morgan fingerprint density at radius 2 is 2.21 bits per heavy atom. The molecule has 0 saturated carbocycles. The van der Waals surface area contributed by atoms with Crippen molar-refractivity contribution in [1.82, 2.24) is 10.3 Å². The third-order valence-corrected chi connectivity index (χ3v) is 4.99. The summed E-state index contributed by atoms with van der Waals surface area (Å²) in [5.41, 5.74) is 1.26. The van der Waals surface area contributed by atoms with E-state index in [1.54, 1.807) is 11.3 Å². The van der Waals surface area contributed by atoms with Gasteiger partial charge in [0.1, 0.15) is 5.75 Å². The minimum atomic E-state index is -0.0751. The van der Waals surface area contributed by atoms with Crippen molar-refractivity contribution in [3.05, 3.63) is 41.4 Å². The minimum absolute atomic E-state index is 0.0504. The molecule has 5 nitrogen and oxygen atoms in total. The number of anilines is 1. The number of rotatable bonds is 6. The first-order valence-electron chi connectivity index (χ1n) is 8.28. The van der Waals surface area contributed by atoms with E-state index >= 15 is 0 Å². The van der Waals surface area contributed by atoms with Gasteiger partial charge in [0.15, 0.2) is 11.7 Å². The van der Waals surface area contributed by atoms with Crippen LogP contribution in [0.25, 0.3) is 0 Å². The van der Waals surface area contributed by atoms with Crippen LogP contribution in [0.5, 0.6) is 5.75 Å². The van der Waals surface area contributed by atoms with Crippen LogP contribution in [0.15, 0.2) is 35.8 Å². The first kappa shape index (κ1) is 16.8. The van der Waals surface area contributed by atoms with Crippen LogP contribution in [0.4, 0.5) is 5.13 Å². The molecule has 24 heavy (non-hydrogen) atoms. The van der Waals surface area contributed by atoms with E-state index in [1.807, 2.05) is 35.8 Å². The predicted molar refractivity (Wildman–Crippen MR) is 96.9 cm³/mol. The van der Waals surface area contributed by atoms with Crippen LogP contribution in [0.2, 0.25) is 0 Å².